The molecule has 0 heterocycles. The van der Waals surface area contributed by atoms with Gasteiger partial charge >= 0.3 is 18.3 Å². The van der Waals surface area contributed by atoms with Crippen LogP contribution in [0.2, 0.25) is 0 Å². The molecule has 1 atom stereocenters. The number of carboxylic acids is 1. The van der Waals surface area contributed by atoms with Crippen LogP contribution in [0.3, 0.4) is 0 Å². The number of rotatable bonds is 2. The maximum Gasteiger partial charge on any atom is 0.417 e. The highest BCUT2D eigenvalue weighted by Gasteiger charge is 2.44. The molecule has 0 saturated carbocycles. The SMILES string of the molecule is O=C(O)C(O)c1cc(C(F)(F)F)c(C(F)(F)F)cc1Br. The molecule has 0 aliphatic rings. The Hall–Kier alpha value is -1.29. The van der Waals surface area contributed by atoms with Crippen molar-refractivity contribution in [2.24, 2.45) is 0 Å². The maximum atomic E-state index is 12.6. The predicted molar refractivity (Wildman–Crippen MR) is 56.7 cm³/mol. The summed E-state index contributed by atoms with van der Waals surface area (Å²) < 4.78 is 74.9. The van der Waals surface area contributed by atoms with Gasteiger partial charge in [0.25, 0.3) is 0 Å². The normalized spacial score (nSPS) is 14.2. The number of aliphatic hydroxyl groups is 1. The van der Waals surface area contributed by atoms with E-state index in [-0.39, 0.29) is 12.1 Å². The van der Waals surface area contributed by atoms with Gasteiger partial charge in [-0.25, -0.2) is 4.79 Å². The molecule has 2 N–H and O–H groups in total. The molecule has 112 valence electrons. The van der Waals surface area contributed by atoms with Crippen molar-refractivity contribution in [1.82, 2.24) is 0 Å². The average molecular weight is 367 g/mol. The standard InChI is InChI=1S/C10H5BrF6O3/c11-6-2-5(10(15,16)17)4(9(12,13)14)1-3(6)7(18)8(19)20/h1-2,7,18H,(H,19,20). The van der Waals surface area contributed by atoms with Gasteiger partial charge in [0.15, 0.2) is 6.10 Å². The minimum absolute atomic E-state index is 0.0360. The molecule has 0 radical (unpaired) electrons. The second kappa shape index (κ2) is 5.24. The summed E-state index contributed by atoms with van der Waals surface area (Å²) in [5.74, 6) is -1.89. The van der Waals surface area contributed by atoms with Crippen LogP contribution in [0.15, 0.2) is 16.6 Å². The van der Waals surface area contributed by atoms with E-state index >= 15 is 0 Å². The van der Waals surface area contributed by atoms with Crippen molar-refractivity contribution in [2.75, 3.05) is 0 Å². The molecule has 1 aromatic rings. The van der Waals surface area contributed by atoms with Crippen molar-refractivity contribution < 1.29 is 41.4 Å². The van der Waals surface area contributed by atoms with Gasteiger partial charge in [-0.2, -0.15) is 26.3 Å². The number of carbonyl (C=O) groups is 1. The molecule has 0 aliphatic carbocycles. The molecule has 0 amide bonds. The molecule has 0 aromatic heterocycles. The predicted octanol–water partition coefficient (Wildman–Crippen LogP) is 3.60. The molecule has 1 rings (SSSR count). The first-order valence-corrected chi connectivity index (χ1v) is 5.53. The van der Waals surface area contributed by atoms with Crippen molar-refractivity contribution in [3.8, 4) is 0 Å². The molecule has 3 nitrogen and oxygen atoms in total. The number of carboxylic acid groups (broad SMARTS) is 1. The molecule has 0 saturated heterocycles. The van der Waals surface area contributed by atoms with E-state index < -0.39 is 45.6 Å². The summed E-state index contributed by atoms with van der Waals surface area (Å²) >= 11 is 2.52. The fourth-order valence-corrected chi connectivity index (χ4v) is 1.96. The van der Waals surface area contributed by atoms with Crippen LogP contribution >= 0.6 is 15.9 Å². The van der Waals surface area contributed by atoms with Crippen LogP contribution in [0.1, 0.15) is 22.8 Å². The number of benzene rings is 1. The number of hydrogen-bond donors (Lipinski definition) is 2. The fraction of sp³-hybridized carbons (Fsp3) is 0.300. The first kappa shape index (κ1) is 16.8. The third kappa shape index (κ3) is 3.42. The van der Waals surface area contributed by atoms with Crippen LogP contribution < -0.4 is 0 Å². The smallest absolute Gasteiger partial charge is 0.417 e. The summed E-state index contributed by atoms with van der Waals surface area (Å²) in [6, 6.07) is 0.0516. The average Bonchev–Trinajstić information content (AvgIpc) is 2.24. The van der Waals surface area contributed by atoms with E-state index in [0.717, 1.165) is 0 Å². The highest BCUT2D eigenvalue weighted by molar-refractivity contribution is 9.10. The number of aliphatic carboxylic acids is 1. The molecule has 0 aliphatic heterocycles. The third-order valence-corrected chi connectivity index (χ3v) is 2.96. The summed E-state index contributed by atoms with van der Waals surface area (Å²) in [4.78, 5) is 10.5. The molecule has 1 unspecified atom stereocenters. The lowest BCUT2D eigenvalue weighted by atomic mass is 10.00. The van der Waals surface area contributed by atoms with Crippen LogP contribution in [0, 0.1) is 0 Å². The molecule has 0 fully saturated rings. The molecule has 0 spiro atoms. The Morgan fingerprint density at radius 3 is 1.80 bits per heavy atom. The second-order valence-electron chi connectivity index (χ2n) is 3.66. The van der Waals surface area contributed by atoms with E-state index in [2.05, 4.69) is 15.9 Å². The minimum atomic E-state index is -5.35. The van der Waals surface area contributed by atoms with Crippen LogP contribution in [0.25, 0.3) is 0 Å². The minimum Gasteiger partial charge on any atom is -0.479 e. The van der Waals surface area contributed by atoms with E-state index in [9.17, 15) is 36.2 Å². The number of halogens is 7. The Morgan fingerprint density at radius 1 is 1.05 bits per heavy atom. The van der Waals surface area contributed by atoms with E-state index in [1.807, 2.05) is 0 Å². The lowest BCUT2D eigenvalue weighted by molar-refractivity contribution is -0.162. The van der Waals surface area contributed by atoms with Gasteiger partial charge in [-0.1, -0.05) is 15.9 Å². The lowest BCUT2D eigenvalue weighted by Gasteiger charge is -2.18. The third-order valence-electron chi connectivity index (χ3n) is 2.28. The van der Waals surface area contributed by atoms with Crippen molar-refractivity contribution >= 4 is 21.9 Å². The van der Waals surface area contributed by atoms with E-state index in [4.69, 9.17) is 5.11 Å². The highest BCUT2D eigenvalue weighted by Crippen LogP contribution is 2.43. The zero-order valence-electron chi connectivity index (χ0n) is 9.18. The van der Waals surface area contributed by atoms with Gasteiger partial charge in [0.2, 0.25) is 0 Å². The van der Waals surface area contributed by atoms with Gasteiger partial charge in [0.05, 0.1) is 11.1 Å². The zero-order valence-corrected chi connectivity index (χ0v) is 10.8. The zero-order chi connectivity index (χ0) is 15.9. The Balaban J connectivity index is 3.61. The monoisotopic (exact) mass is 366 g/mol. The molecule has 10 heteroatoms. The van der Waals surface area contributed by atoms with Crippen molar-refractivity contribution in [3.63, 3.8) is 0 Å². The maximum absolute atomic E-state index is 12.6. The fourth-order valence-electron chi connectivity index (χ4n) is 1.40. The number of aliphatic hydroxyl groups excluding tert-OH is 1. The largest absolute Gasteiger partial charge is 0.479 e. The first-order chi connectivity index (χ1) is 8.85. The van der Waals surface area contributed by atoms with E-state index in [1.54, 1.807) is 0 Å². The summed E-state index contributed by atoms with van der Waals surface area (Å²) in [5, 5.41) is 17.7. The Kier molecular flexibility index (Phi) is 4.39. The second-order valence-corrected chi connectivity index (χ2v) is 4.51. The summed E-state index contributed by atoms with van der Waals surface area (Å²) in [5.41, 5.74) is -4.86. The van der Waals surface area contributed by atoms with Gasteiger partial charge in [-0.15, -0.1) is 0 Å². The molecular formula is C10H5BrF6O3. The quantitative estimate of drug-likeness (QED) is 0.786. The Labute approximate surface area is 116 Å². The summed E-state index contributed by atoms with van der Waals surface area (Å²) in [6.45, 7) is 0. The van der Waals surface area contributed by atoms with Crippen LogP contribution in [0.4, 0.5) is 26.3 Å². The van der Waals surface area contributed by atoms with Gasteiger partial charge in [0.1, 0.15) is 0 Å². The van der Waals surface area contributed by atoms with Crippen molar-refractivity contribution in [2.45, 2.75) is 18.5 Å². The van der Waals surface area contributed by atoms with Crippen LogP contribution in [0.5, 0.6) is 0 Å². The van der Waals surface area contributed by atoms with Crippen molar-refractivity contribution in [1.29, 1.82) is 0 Å². The topological polar surface area (TPSA) is 57.5 Å². The number of hydrogen-bond acceptors (Lipinski definition) is 2. The molecule has 1 aromatic carbocycles. The van der Waals surface area contributed by atoms with Crippen molar-refractivity contribution in [3.05, 3.63) is 33.3 Å². The van der Waals surface area contributed by atoms with Crippen LogP contribution in [-0.2, 0) is 17.1 Å². The van der Waals surface area contributed by atoms with E-state index in [1.165, 1.54) is 0 Å². The lowest BCUT2D eigenvalue weighted by Crippen LogP contribution is -2.19. The first-order valence-electron chi connectivity index (χ1n) is 4.74. The molecular weight excluding hydrogens is 362 g/mol. The molecule has 20 heavy (non-hydrogen) atoms. The number of alkyl halides is 6. The Bertz CT molecular complexity index is 537. The summed E-state index contributed by atoms with van der Waals surface area (Å²) in [7, 11) is 0. The van der Waals surface area contributed by atoms with Gasteiger partial charge < -0.3 is 10.2 Å². The summed E-state index contributed by atoms with van der Waals surface area (Å²) in [6.07, 6.45) is -13.0. The van der Waals surface area contributed by atoms with E-state index in [0.29, 0.717) is 0 Å². The van der Waals surface area contributed by atoms with Gasteiger partial charge in [0, 0.05) is 10.0 Å². The Morgan fingerprint density at radius 2 is 1.45 bits per heavy atom. The van der Waals surface area contributed by atoms with Crippen LogP contribution in [-0.4, -0.2) is 16.2 Å². The van der Waals surface area contributed by atoms with Gasteiger partial charge in [-0.05, 0) is 12.1 Å². The highest BCUT2D eigenvalue weighted by atomic mass is 79.9. The molecule has 0 bridgehead atoms. The van der Waals surface area contributed by atoms with Gasteiger partial charge in [-0.3, -0.25) is 0 Å².